The summed E-state index contributed by atoms with van der Waals surface area (Å²) in [4.78, 5) is 0. The van der Waals surface area contributed by atoms with Gasteiger partial charge in [0, 0.05) is 0 Å². The molecule has 0 aromatic heterocycles. The van der Waals surface area contributed by atoms with Crippen molar-refractivity contribution < 1.29 is 9.05 Å². The molecule has 0 aliphatic carbocycles. The molecule has 7 heteroatoms. The number of nitrogens with one attached hydrogen (secondary N) is 1. The number of halogens is 2. The predicted octanol–water partition coefficient (Wildman–Crippen LogP) is 1.83. The van der Waals surface area contributed by atoms with Gasteiger partial charge in [0.15, 0.2) is 0 Å². The molecule has 0 spiro atoms. The van der Waals surface area contributed by atoms with E-state index in [1.54, 1.807) is 7.11 Å². The Morgan fingerprint density at radius 1 is 1.47 bits per heavy atom. The SMILES string of the molecule is CO[PH]1(NCCCl)OCCCN1CCCl. The molecule has 1 saturated heterocycles. The number of nitrogens with zero attached hydrogens (tertiary/aromatic N) is 1. The van der Waals surface area contributed by atoms with Gasteiger partial charge >= 0.3 is 102 Å². The fourth-order valence-corrected chi connectivity index (χ4v) is 5.04. The van der Waals surface area contributed by atoms with Gasteiger partial charge < -0.3 is 0 Å². The Morgan fingerprint density at radius 3 is 2.87 bits per heavy atom. The molecule has 0 bridgehead atoms. The Labute approximate surface area is 102 Å². The molecule has 4 nitrogen and oxygen atoms in total. The van der Waals surface area contributed by atoms with Gasteiger partial charge in [-0.25, -0.2) is 0 Å². The van der Waals surface area contributed by atoms with Crippen LogP contribution in [-0.4, -0.2) is 49.8 Å². The first-order chi connectivity index (χ1) is 7.29. The summed E-state index contributed by atoms with van der Waals surface area (Å²) in [5.74, 6) is 1.14. The van der Waals surface area contributed by atoms with Crippen LogP contribution >= 0.6 is 31.2 Å². The molecule has 1 rings (SSSR count). The van der Waals surface area contributed by atoms with E-state index in [-0.39, 0.29) is 0 Å². The molecule has 1 aliphatic rings. The first-order valence-corrected chi connectivity index (χ1v) is 7.93. The van der Waals surface area contributed by atoms with Gasteiger partial charge in [-0.2, -0.15) is 0 Å². The molecule has 0 radical (unpaired) electrons. The van der Waals surface area contributed by atoms with E-state index in [0.717, 1.165) is 26.1 Å². The zero-order valence-corrected chi connectivity index (χ0v) is 11.5. The van der Waals surface area contributed by atoms with E-state index in [9.17, 15) is 0 Å². The monoisotopic (exact) mass is 276 g/mol. The molecular formula is C8H19Cl2N2O2P. The number of hydrogen-bond donors (Lipinski definition) is 1. The quantitative estimate of drug-likeness (QED) is 0.593. The van der Waals surface area contributed by atoms with Crippen LogP contribution in [0.4, 0.5) is 0 Å². The van der Waals surface area contributed by atoms with Crippen molar-refractivity contribution in [1.82, 2.24) is 9.76 Å². The molecule has 1 heterocycles. The first-order valence-electron chi connectivity index (χ1n) is 5.10. The number of alkyl halides is 2. The summed E-state index contributed by atoms with van der Waals surface area (Å²) in [7, 11) is -0.733. The molecular weight excluding hydrogens is 258 g/mol. The Morgan fingerprint density at radius 2 is 2.27 bits per heavy atom. The van der Waals surface area contributed by atoms with Crippen molar-refractivity contribution in [2.45, 2.75) is 6.42 Å². The molecule has 0 atom stereocenters. The van der Waals surface area contributed by atoms with Gasteiger partial charge in [0.1, 0.15) is 0 Å². The summed E-state index contributed by atoms with van der Waals surface area (Å²) in [5.41, 5.74) is 0. The normalized spacial score (nSPS) is 23.9. The molecule has 92 valence electrons. The Bertz CT molecular complexity index is 188. The average molecular weight is 277 g/mol. The predicted molar refractivity (Wildman–Crippen MR) is 66.9 cm³/mol. The summed E-state index contributed by atoms with van der Waals surface area (Å²) in [6, 6.07) is 0. The van der Waals surface area contributed by atoms with Crippen LogP contribution < -0.4 is 5.09 Å². The molecule has 0 saturated carbocycles. The summed E-state index contributed by atoms with van der Waals surface area (Å²) >= 11 is 11.4. The third kappa shape index (κ3) is 3.67. The molecule has 0 aromatic carbocycles. The second kappa shape index (κ2) is 7.23. The van der Waals surface area contributed by atoms with Crippen molar-refractivity contribution in [3.05, 3.63) is 0 Å². The van der Waals surface area contributed by atoms with Crippen LogP contribution in [0.1, 0.15) is 6.42 Å². The second-order valence-corrected chi connectivity index (χ2v) is 6.88. The number of rotatable bonds is 6. The van der Waals surface area contributed by atoms with Gasteiger partial charge in [-0.1, -0.05) is 0 Å². The van der Waals surface area contributed by atoms with Crippen molar-refractivity contribution >= 4 is 31.2 Å². The van der Waals surface area contributed by atoms with Crippen LogP contribution in [0.3, 0.4) is 0 Å². The van der Waals surface area contributed by atoms with Crippen LogP contribution in [0.2, 0.25) is 0 Å². The van der Waals surface area contributed by atoms with E-state index < -0.39 is 8.02 Å². The van der Waals surface area contributed by atoms with E-state index >= 15 is 0 Å². The van der Waals surface area contributed by atoms with Gasteiger partial charge in [0.25, 0.3) is 0 Å². The van der Waals surface area contributed by atoms with Crippen molar-refractivity contribution in [1.29, 1.82) is 0 Å². The molecule has 1 aliphatic heterocycles. The van der Waals surface area contributed by atoms with E-state index in [1.807, 2.05) is 0 Å². The van der Waals surface area contributed by atoms with Gasteiger partial charge in [-0.05, 0) is 0 Å². The maximum absolute atomic E-state index is 5.80. The summed E-state index contributed by atoms with van der Waals surface area (Å²) in [6.45, 7) is 3.20. The van der Waals surface area contributed by atoms with E-state index in [2.05, 4.69) is 9.76 Å². The van der Waals surface area contributed by atoms with Crippen molar-refractivity contribution in [3.63, 3.8) is 0 Å². The fourth-order valence-electron chi connectivity index (χ4n) is 1.69. The molecule has 15 heavy (non-hydrogen) atoms. The summed E-state index contributed by atoms with van der Waals surface area (Å²) in [6.07, 6.45) is 1.03. The minimum absolute atomic E-state index is 0.552. The Kier molecular flexibility index (Phi) is 6.71. The van der Waals surface area contributed by atoms with Gasteiger partial charge in [0.2, 0.25) is 0 Å². The van der Waals surface area contributed by atoms with Crippen molar-refractivity contribution in [2.75, 3.05) is 45.1 Å². The Hall–Kier alpha value is 0.850. The van der Waals surface area contributed by atoms with Crippen LogP contribution in [0.15, 0.2) is 0 Å². The van der Waals surface area contributed by atoms with Gasteiger partial charge in [-0.3, -0.25) is 0 Å². The Balaban J connectivity index is 2.61. The number of hydrogen-bond acceptors (Lipinski definition) is 4. The van der Waals surface area contributed by atoms with Crippen molar-refractivity contribution in [3.8, 4) is 0 Å². The van der Waals surface area contributed by atoms with Crippen LogP contribution in [0.5, 0.6) is 0 Å². The van der Waals surface area contributed by atoms with Crippen LogP contribution in [0, 0.1) is 0 Å². The third-order valence-corrected chi connectivity index (χ3v) is 5.84. The van der Waals surface area contributed by atoms with Gasteiger partial charge in [-0.15, -0.1) is 0 Å². The van der Waals surface area contributed by atoms with E-state index in [1.165, 1.54) is 0 Å². The zero-order valence-electron chi connectivity index (χ0n) is 8.97. The molecule has 0 aromatic rings. The molecule has 0 unspecified atom stereocenters. The molecule has 0 amide bonds. The summed E-state index contributed by atoms with van der Waals surface area (Å²) in [5, 5.41) is 3.30. The second-order valence-electron chi connectivity index (χ2n) is 3.28. The van der Waals surface area contributed by atoms with E-state index in [4.69, 9.17) is 32.2 Å². The van der Waals surface area contributed by atoms with Gasteiger partial charge in [0.05, 0.1) is 0 Å². The third-order valence-electron chi connectivity index (χ3n) is 2.36. The first kappa shape index (κ1) is 13.9. The maximum atomic E-state index is 5.80. The topological polar surface area (TPSA) is 33.7 Å². The van der Waals surface area contributed by atoms with Crippen molar-refractivity contribution in [2.24, 2.45) is 0 Å². The van der Waals surface area contributed by atoms with E-state index in [0.29, 0.717) is 18.3 Å². The molecule has 1 N–H and O–H groups in total. The zero-order chi connectivity index (χ0) is 11.1. The average Bonchev–Trinajstić information content (AvgIpc) is 2.29. The minimum atomic E-state index is -2.41. The molecule has 1 fully saturated rings. The van der Waals surface area contributed by atoms with Crippen LogP contribution in [-0.2, 0) is 9.05 Å². The fraction of sp³-hybridized carbons (Fsp3) is 1.00. The van der Waals surface area contributed by atoms with Crippen LogP contribution in [0.25, 0.3) is 0 Å². The summed E-state index contributed by atoms with van der Waals surface area (Å²) < 4.78 is 13.5. The standard InChI is InChI=1S/C8H19Cl2N2O2P/c1-13-15(11-5-3-9)12(7-4-10)6-2-8-14-15/h11,15H,2-8H2,1H3.